The Morgan fingerprint density at radius 2 is 2.08 bits per heavy atom. The topological polar surface area (TPSA) is 99.5 Å². The molecule has 0 atom stereocenters. The average molecular weight is 361 g/mol. The number of hydrogen-bond donors (Lipinski definition) is 4. The van der Waals surface area contributed by atoms with E-state index in [-0.39, 0.29) is 29.8 Å². The summed E-state index contributed by atoms with van der Waals surface area (Å²) in [5.41, 5.74) is 7.90. The van der Waals surface area contributed by atoms with Gasteiger partial charge in [0.05, 0.1) is 12.1 Å². The number of carbonyl (C=O) groups excluding carboxylic acids is 2. The minimum absolute atomic E-state index is 0.0350. The van der Waals surface area contributed by atoms with E-state index in [9.17, 15) is 9.59 Å². The zero-order valence-corrected chi connectivity index (χ0v) is 16.2. The van der Waals surface area contributed by atoms with Gasteiger partial charge in [0, 0.05) is 43.6 Å². The Balaban J connectivity index is 2.11. The molecule has 0 spiro atoms. The van der Waals surface area contributed by atoms with Gasteiger partial charge in [-0.05, 0) is 37.5 Å². The van der Waals surface area contributed by atoms with E-state index in [0.717, 1.165) is 31.9 Å². The molecule has 5 N–H and O–H groups in total. The van der Waals surface area contributed by atoms with Gasteiger partial charge in [-0.2, -0.15) is 0 Å². The molecule has 1 aromatic carbocycles. The Morgan fingerprint density at radius 3 is 2.77 bits per heavy atom. The van der Waals surface area contributed by atoms with E-state index in [4.69, 9.17) is 5.73 Å². The monoisotopic (exact) mass is 361 g/mol. The van der Waals surface area contributed by atoms with Crippen LogP contribution in [0.2, 0.25) is 0 Å². The van der Waals surface area contributed by atoms with Crippen LogP contribution in [0.5, 0.6) is 0 Å². The molecule has 0 radical (unpaired) electrons. The van der Waals surface area contributed by atoms with Crippen LogP contribution in [0.25, 0.3) is 0 Å². The molecule has 0 aliphatic carbocycles. The maximum absolute atomic E-state index is 12.5. The SMILES string of the molecule is CC(C)NC(=O)CNC(=O)c1cc(N2CCNCC(C)(C)C2)ccc1N. The molecule has 26 heavy (non-hydrogen) atoms. The highest BCUT2D eigenvalue weighted by atomic mass is 16.2. The molecule has 7 heteroatoms. The van der Waals surface area contributed by atoms with Gasteiger partial charge in [0.2, 0.25) is 5.91 Å². The highest BCUT2D eigenvalue weighted by Gasteiger charge is 2.25. The quantitative estimate of drug-likeness (QED) is 0.586. The first-order valence-electron chi connectivity index (χ1n) is 9.11. The third-order valence-corrected chi connectivity index (χ3v) is 4.29. The summed E-state index contributed by atoms with van der Waals surface area (Å²) in [5, 5.41) is 8.83. The van der Waals surface area contributed by atoms with Crippen molar-refractivity contribution < 1.29 is 9.59 Å². The molecule has 0 saturated carbocycles. The number of nitrogen functional groups attached to an aromatic ring is 1. The lowest BCUT2D eigenvalue weighted by Crippen LogP contribution is -2.40. The highest BCUT2D eigenvalue weighted by Crippen LogP contribution is 2.26. The third-order valence-electron chi connectivity index (χ3n) is 4.29. The molecule has 7 nitrogen and oxygen atoms in total. The molecule has 0 aromatic heterocycles. The Morgan fingerprint density at radius 1 is 1.35 bits per heavy atom. The van der Waals surface area contributed by atoms with Gasteiger partial charge < -0.3 is 26.6 Å². The van der Waals surface area contributed by atoms with E-state index in [1.807, 2.05) is 26.0 Å². The van der Waals surface area contributed by atoms with E-state index in [1.165, 1.54) is 0 Å². The minimum atomic E-state index is -0.338. The van der Waals surface area contributed by atoms with Crippen molar-refractivity contribution in [2.24, 2.45) is 5.41 Å². The van der Waals surface area contributed by atoms with Gasteiger partial charge in [0.25, 0.3) is 5.91 Å². The summed E-state index contributed by atoms with van der Waals surface area (Å²) in [4.78, 5) is 26.5. The first-order valence-corrected chi connectivity index (χ1v) is 9.11. The number of benzene rings is 1. The number of carbonyl (C=O) groups is 2. The molecular weight excluding hydrogens is 330 g/mol. The van der Waals surface area contributed by atoms with Crippen molar-refractivity contribution >= 4 is 23.2 Å². The van der Waals surface area contributed by atoms with Crippen LogP contribution in [0.1, 0.15) is 38.1 Å². The fourth-order valence-electron chi connectivity index (χ4n) is 3.08. The number of anilines is 2. The number of nitrogens with two attached hydrogens (primary N) is 1. The van der Waals surface area contributed by atoms with Gasteiger partial charge in [0.15, 0.2) is 0 Å². The van der Waals surface area contributed by atoms with Crippen LogP contribution >= 0.6 is 0 Å². The molecular formula is C19H31N5O2. The maximum Gasteiger partial charge on any atom is 0.253 e. The van der Waals surface area contributed by atoms with Crippen LogP contribution in [-0.4, -0.2) is 50.6 Å². The van der Waals surface area contributed by atoms with Crippen LogP contribution in [-0.2, 0) is 4.79 Å². The fraction of sp³-hybridized carbons (Fsp3) is 0.579. The maximum atomic E-state index is 12.5. The molecule has 1 fully saturated rings. The second kappa shape index (κ2) is 8.40. The van der Waals surface area contributed by atoms with Gasteiger partial charge in [-0.3, -0.25) is 9.59 Å². The number of nitrogens with one attached hydrogen (secondary N) is 3. The highest BCUT2D eigenvalue weighted by molar-refractivity contribution is 6.01. The van der Waals surface area contributed by atoms with Crippen LogP contribution < -0.4 is 26.6 Å². The van der Waals surface area contributed by atoms with Gasteiger partial charge in [-0.15, -0.1) is 0 Å². The van der Waals surface area contributed by atoms with E-state index in [0.29, 0.717) is 11.3 Å². The Hall–Kier alpha value is -2.28. The predicted molar refractivity (Wildman–Crippen MR) is 105 cm³/mol. The normalized spacial score (nSPS) is 16.9. The summed E-state index contributed by atoms with van der Waals surface area (Å²) in [6.07, 6.45) is 0. The largest absolute Gasteiger partial charge is 0.398 e. The zero-order chi connectivity index (χ0) is 19.3. The Kier molecular flexibility index (Phi) is 6.47. The van der Waals surface area contributed by atoms with Gasteiger partial charge >= 0.3 is 0 Å². The molecule has 1 saturated heterocycles. The van der Waals surface area contributed by atoms with Crippen molar-refractivity contribution in [3.8, 4) is 0 Å². The van der Waals surface area contributed by atoms with Crippen molar-refractivity contribution in [3.05, 3.63) is 23.8 Å². The summed E-state index contributed by atoms with van der Waals surface area (Å²) >= 11 is 0. The lowest BCUT2D eigenvalue weighted by Gasteiger charge is -2.31. The zero-order valence-electron chi connectivity index (χ0n) is 16.2. The number of nitrogens with zero attached hydrogens (tertiary/aromatic N) is 1. The van der Waals surface area contributed by atoms with Crippen molar-refractivity contribution in [1.82, 2.24) is 16.0 Å². The molecule has 0 unspecified atom stereocenters. The first kappa shape index (κ1) is 20.0. The summed E-state index contributed by atoms with van der Waals surface area (Å²) in [6, 6.07) is 5.54. The smallest absolute Gasteiger partial charge is 0.253 e. The summed E-state index contributed by atoms with van der Waals surface area (Å²) < 4.78 is 0. The van der Waals surface area contributed by atoms with Crippen LogP contribution in [0, 0.1) is 5.41 Å². The molecule has 1 aliphatic rings. The lowest BCUT2D eigenvalue weighted by atomic mass is 9.93. The molecule has 1 heterocycles. The van der Waals surface area contributed by atoms with E-state index >= 15 is 0 Å². The van der Waals surface area contributed by atoms with E-state index in [1.54, 1.807) is 6.07 Å². The standard InChI is InChI=1S/C19H31N5O2/c1-13(2)23-17(25)10-22-18(26)15-9-14(5-6-16(15)20)24-8-7-21-11-19(3,4)12-24/h5-6,9,13,21H,7-8,10-12,20H2,1-4H3,(H,22,26)(H,23,25). The number of hydrogen-bond acceptors (Lipinski definition) is 5. The lowest BCUT2D eigenvalue weighted by molar-refractivity contribution is -0.120. The number of amides is 2. The average Bonchev–Trinajstić information content (AvgIpc) is 2.73. The number of rotatable bonds is 5. The van der Waals surface area contributed by atoms with Crippen LogP contribution in [0.4, 0.5) is 11.4 Å². The van der Waals surface area contributed by atoms with Gasteiger partial charge in [-0.1, -0.05) is 13.8 Å². The third kappa shape index (κ3) is 5.62. The summed E-state index contributed by atoms with van der Waals surface area (Å²) in [5.74, 6) is -0.557. The van der Waals surface area contributed by atoms with Gasteiger partial charge in [-0.25, -0.2) is 0 Å². The minimum Gasteiger partial charge on any atom is -0.398 e. The molecule has 0 bridgehead atoms. The van der Waals surface area contributed by atoms with Gasteiger partial charge in [0.1, 0.15) is 0 Å². The van der Waals surface area contributed by atoms with E-state index in [2.05, 4.69) is 34.7 Å². The Labute approximate surface area is 155 Å². The summed E-state index contributed by atoms with van der Waals surface area (Å²) in [6.45, 7) is 11.7. The van der Waals surface area contributed by atoms with Crippen molar-refractivity contribution in [1.29, 1.82) is 0 Å². The van der Waals surface area contributed by atoms with Crippen molar-refractivity contribution in [2.45, 2.75) is 33.7 Å². The molecule has 1 aromatic rings. The van der Waals surface area contributed by atoms with E-state index < -0.39 is 0 Å². The molecule has 144 valence electrons. The fourth-order valence-corrected chi connectivity index (χ4v) is 3.08. The first-order chi connectivity index (χ1) is 12.2. The van der Waals surface area contributed by atoms with Crippen LogP contribution in [0.3, 0.4) is 0 Å². The summed E-state index contributed by atoms with van der Waals surface area (Å²) in [7, 11) is 0. The molecule has 1 aliphatic heterocycles. The second-order valence-corrected chi connectivity index (χ2v) is 7.94. The second-order valence-electron chi connectivity index (χ2n) is 7.94. The Bertz CT molecular complexity index is 657. The molecule has 2 amide bonds. The van der Waals surface area contributed by atoms with Crippen molar-refractivity contribution in [3.63, 3.8) is 0 Å². The molecule has 2 rings (SSSR count). The van der Waals surface area contributed by atoms with Crippen molar-refractivity contribution in [2.75, 3.05) is 43.4 Å². The van der Waals surface area contributed by atoms with Crippen LogP contribution in [0.15, 0.2) is 18.2 Å². The predicted octanol–water partition coefficient (Wildman–Crippen LogP) is 0.959.